The normalized spacial score (nSPS) is 21.3. The van der Waals surface area contributed by atoms with Crippen molar-refractivity contribution in [1.29, 1.82) is 0 Å². The number of anilines is 1. The standard InChI is InChI=1S/C33H45N5O8/c1-7-20(12-24-27(41)28(42)31(46-24)38-16-37-26-29(34)35-15-36-30(26)38)8-9-21(32(43)44)13-22(40)14-33(5,6)25-18(3)10-17(2)11-23(25)45-19(4)39/h10-11,15-16,20-21,24,27-28,31,41-42H,7-9,12-14H2,1-6H3,(H,43,44)(H2,34,35,36)/t20-,21+,24+,27?,28-,31+/m0/s1. The number of aliphatic hydroxyl groups excluding tert-OH is 2. The zero-order valence-electron chi connectivity index (χ0n) is 27.3. The summed E-state index contributed by atoms with van der Waals surface area (Å²) >= 11 is 0. The van der Waals surface area contributed by atoms with E-state index in [1.807, 2.05) is 40.7 Å². The van der Waals surface area contributed by atoms with Crippen LogP contribution in [0.5, 0.6) is 5.75 Å². The molecule has 1 unspecified atom stereocenters. The number of aryl methyl sites for hydroxylation is 2. The number of carbonyl (C=O) groups is 3. The number of esters is 1. The quantitative estimate of drug-likeness (QED) is 0.147. The lowest BCUT2D eigenvalue weighted by molar-refractivity contribution is -0.144. The van der Waals surface area contributed by atoms with Crippen molar-refractivity contribution in [2.24, 2.45) is 11.8 Å². The number of aromatic nitrogens is 4. The molecule has 0 bridgehead atoms. The second-order valence-corrected chi connectivity index (χ2v) is 13.1. The molecule has 4 rings (SSSR count). The molecule has 0 spiro atoms. The molecule has 13 heteroatoms. The minimum atomic E-state index is -1.25. The summed E-state index contributed by atoms with van der Waals surface area (Å²) in [6.07, 6.45) is 0.396. The number of ether oxygens (including phenoxy) is 2. The van der Waals surface area contributed by atoms with Crippen LogP contribution in [0.25, 0.3) is 11.2 Å². The summed E-state index contributed by atoms with van der Waals surface area (Å²) in [5.74, 6) is -2.03. The Bertz CT molecular complexity index is 1590. The highest BCUT2D eigenvalue weighted by Crippen LogP contribution is 2.39. The van der Waals surface area contributed by atoms with Crippen molar-refractivity contribution < 1.29 is 39.2 Å². The number of ketones is 1. The molecule has 1 aliphatic heterocycles. The number of Topliss-reactive ketones (excluding diaryl/α,β-unsaturated/α-hetero) is 1. The molecule has 6 atom stereocenters. The zero-order chi connectivity index (χ0) is 33.9. The summed E-state index contributed by atoms with van der Waals surface area (Å²) in [6.45, 7) is 10.9. The summed E-state index contributed by atoms with van der Waals surface area (Å²) in [4.78, 5) is 49.7. The summed E-state index contributed by atoms with van der Waals surface area (Å²) in [5.41, 5.74) is 8.46. The summed E-state index contributed by atoms with van der Waals surface area (Å²) < 4.78 is 13.1. The van der Waals surface area contributed by atoms with Gasteiger partial charge in [-0.05, 0) is 56.2 Å². The molecule has 2 aromatic heterocycles. The number of rotatable bonds is 14. The molecular formula is C33H45N5O8. The number of aliphatic hydroxyl groups is 2. The number of hydrogen-bond acceptors (Lipinski definition) is 11. The predicted octanol–water partition coefficient (Wildman–Crippen LogP) is 3.79. The van der Waals surface area contributed by atoms with Gasteiger partial charge in [0.1, 0.15) is 35.6 Å². The number of fused-ring (bicyclic) bond motifs is 1. The first-order valence-electron chi connectivity index (χ1n) is 15.6. The predicted molar refractivity (Wildman–Crippen MR) is 169 cm³/mol. The lowest BCUT2D eigenvalue weighted by atomic mass is 9.75. The number of nitrogens with two attached hydrogens (primary N) is 1. The molecule has 0 amide bonds. The Kier molecular flexibility index (Phi) is 10.8. The van der Waals surface area contributed by atoms with Gasteiger partial charge in [0.2, 0.25) is 0 Å². The number of benzene rings is 1. The molecule has 1 saturated heterocycles. The van der Waals surface area contributed by atoms with Crippen LogP contribution in [0.1, 0.15) is 89.1 Å². The highest BCUT2D eigenvalue weighted by molar-refractivity contribution is 5.85. The van der Waals surface area contributed by atoms with E-state index in [2.05, 4.69) is 15.0 Å². The second-order valence-electron chi connectivity index (χ2n) is 13.1. The number of nitrogen functional groups attached to an aromatic ring is 1. The molecule has 1 aromatic carbocycles. The van der Waals surface area contributed by atoms with Gasteiger partial charge < -0.3 is 30.5 Å². The van der Waals surface area contributed by atoms with Crippen LogP contribution < -0.4 is 10.5 Å². The van der Waals surface area contributed by atoms with Gasteiger partial charge in [0.15, 0.2) is 17.7 Å². The number of aliphatic carboxylic acids is 1. The SMILES string of the molecule is CC[C@@H](CC[C@H](CC(=O)CC(C)(C)c1c(C)cc(C)cc1OC(C)=O)C(=O)O)C[C@H]1O[C@@H](n2cnc3c(N)ncnc32)[C@@H](O)C1O. The van der Waals surface area contributed by atoms with Crippen LogP contribution >= 0.6 is 0 Å². The second kappa shape index (κ2) is 14.2. The van der Waals surface area contributed by atoms with Gasteiger partial charge in [-0.15, -0.1) is 0 Å². The van der Waals surface area contributed by atoms with Gasteiger partial charge in [-0.1, -0.05) is 33.3 Å². The fourth-order valence-corrected chi connectivity index (χ4v) is 6.74. The fraction of sp³-hybridized carbons (Fsp3) is 0.576. The molecule has 0 radical (unpaired) electrons. The average Bonchev–Trinajstić information content (AvgIpc) is 3.50. The Hall–Kier alpha value is -3.94. The smallest absolute Gasteiger partial charge is 0.308 e. The Morgan fingerprint density at radius 3 is 2.48 bits per heavy atom. The number of imidazole rings is 1. The molecular weight excluding hydrogens is 594 g/mol. The molecule has 13 nitrogen and oxygen atoms in total. The molecule has 0 saturated carbocycles. The Morgan fingerprint density at radius 1 is 1.11 bits per heavy atom. The first-order chi connectivity index (χ1) is 21.6. The maximum Gasteiger partial charge on any atom is 0.308 e. The fourth-order valence-electron chi connectivity index (χ4n) is 6.74. The van der Waals surface area contributed by atoms with E-state index in [0.29, 0.717) is 36.2 Å². The molecule has 46 heavy (non-hydrogen) atoms. The largest absolute Gasteiger partial charge is 0.481 e. The number of hydrogen-bond donors (Lipinski definition) is 4. The van der Waals surface area contributed by atoms with Gasteiger partial charge in [-0.3, -0.25) is 19.0 Å². The molecule has 0 aliphatic carbocycles. The molecule has 1 fully saturated rings. The third-order valence-corrected chi connectivity index (χ3v) is 8.90. The molecule has 5 N–H and O–H groups in total. The topological polar surface area (TPSA) is 200 Å². The number of carboxylic acids is 1. The van der Waals surface area contributed by atoms with Crippen molar-refractivity contribution in [3.8, 4) is 5.75 Å². The van der Waals surface area contributed by atoms with Crippen molar-refractivity contribution in [2.45, 2.75) is 110 Å². The minimum Gasteiger partial charge on any atom is -0.481 e. The van der Waals surface area contributed by atoms with Gasteiger partial charge in [0, 0.05) is 30.7 Å². The van der Waals surface area contributed by atoms with Gasteiger partial charge in [0.05, 0.1) is 18.3 Å². The highest BCUT2D eigenvalue weighted by Gasteiger charge is 2.45. The Balaban J connectivity index is 1.39. The Morgan fingerprint density at radius 2 is 1.83 bits per heavy atom. The molecule has 3 heterocycles. The summed E-state index contributed by atoms with van der Waals surface area (Å²) in [6, 6.07) is 3.74. The van der Waals surface area contributed by atoms with Crippen molar-refractivity contribution in [3.63, 3.8) is 0 Å². The highest BCUT2D eigenvalue weighted by atomic mass is 16.6. The lowest BCUT2D eigenvalue weighted by Gasteiger charge is -2.29. The third-order valence-electron chi connectivity index (χ3n) is 8.90. The van der Waals surface area contributed by atoms with Crippen molar-refractivity contribution in [3.05, 3.63) is 41.5 Å². The number of carbonyl (C=O) groups excluding carboxylic acids is 2. The van der Waals surface area contributed by atoms with Crippen LogP contribution in [-0.2, 0) is 24.5 Å². The lowest BCUT2D eigenvalue weighted by Crippen LogP contribution is -2.32. The van der Waals surface area contributed by atoms with E-state index in [4.69, 9.17) is 15.2 Å². The van der Waals surface area contributed by atoms with E-state index < -0.39 is 47.8 Å². The van der Waals surface area contributed by atoms with Crippen LogP contribution in [0, 0.1) is 25.7 Å². The van der Waals surface area contributed by atoms with Crippen LogP contribution in [0.15, 0.2) is 24.8 Å². The van der Waals surface area contributed by atoms with Gasteiger partial charge in [-0.25, -0.2) is 15.0 Å². The van der Waals surface area contributed by atoms with Gasteiger partial charge in [-0.2, -0.15) is 0 Å². The van der Waals surface area contributed by atoms with E-state index in [9.17, 15) is 29.7 Å². The number of carboxylic acid groups (broad SMARTS) is 1. The maximum atomic E-state index is 13.3. The van der Waals surface area contributed by atoms with Crippen molar-refractivity contribution >= 4 is 34.7 Å². The zero-order valence-corrected chi connectivity index (χ0v) is 27.3. The van der Waals surface area contributed by atoms with Crippen molar-refractivity contribution in [1.82, 2.24) is 19.5 Å². The van der Waals surface area contributed by atoms with Crippen LogP contribution in [0.4, 0.5) is 5.82 Å². The molecule has 250 valence electrons. The van der Waals surface area contributed by atoms with E-state index in [-0.39, 0.29) is 36.8 Å². The summed E-state index contributed by atoms with van der Waals surface area (Å²) in [5, 5.41) is 31.7. The maximum absolute atomic E-state index is 13.3. The van der Waals surface area contributed by atoms with Gasteiger partial charge in [0.25, 0.3) is 0 Å². The first-order valence-corrected chi connectivity index (χ1v) is 15.6. The molecule has 1 aliphatic rings. The average molecular weight is 640 g/mol. The molecule has 3 aromatic rings. The van der Waals surface area contributed by atoms with Crippen LogP contribution in [0.2, 0.25) is 0 Å². The van der Waals surface area contributed by atoms with Crippen molar-refractivity contribution in [2.75, 3.05) is 5.73 Å². The van der Waals surface area contributed by atoms with E-state index in [1.165, 1.54) is 24.1 Å². The summed E-state index contributed by atoms with van der Waals surface area (Å²) in [7, 11) is 0. The van der Waals surface area contributed by atoms with Gasteiger partial charge >= 0.3 is 11.9 Å². The first kappa shape index (κ1) is 34.9. The minimum absolute atomic E-state index is 0.0296. The van der Waals surface area contributed by atoms with E-state index >= 15 is 0 Å². The monoisotopic (exact) mass is 639 g/mol. The van der Waals surface area contributed by atoms with E-state index in [1.54, 1.807) is 6.07 Å². The van der Waals surface area contributed by atoms with Crippen LogP contribution in [-0.4, -0.2) is 70.9 Å². The van der Waals surface area contributed by atoms with E-state index in [0.717, 1.165) is 16.7 Å². The number of nitrogens with zero attached hydrogens (tertiary/aromatic N) is 4. The van der Waals surface area contributed by atoms with Crippen LogP contribution in [0.3, 0.4) is 0 Å². The Labute approximate surface area is 268 Å². The third kappa shape index (κ3) is 7.71.